The minimum atomic E-state index is -0.777. The second-order valence-electron chi connectivity index (χ2n) is 8.36. The maximum atomic E-state index is 13.5. The van der Waals surface area contributed by atoms with Crippen LogP contribution in [0.1, 0.15) is 62.8 Å². The molecule has 0 bridgehead atoms. The molecular weight excluding hydrogens is 371 g/mol. The molecule has 0 unspecified atom stereocenters. The molecular formula is C25H28F3N. The van der Waals surface area contributed by atoms with E-state index >= 15 is 0 Å². The van der Waals surface area contributed by atoms with Crippen LogP contribution in [-0.4, -0.2) is 0 Å². The average Bonchev–Trinajstić information content (AvgIpc) is 2.75. The van der Waals surface area contributed by atoms with Gasteiger partial charge in [0, 0.05) is 0 Å². The van der Waals surface area contributed by atoms with Gasteiger partial charge in [-0.25, -0.2) is 8.78 Å². The summed E-state index contributed by atoms with van der Waals surface area (Å²) < 4.78 is 39.4. The maximum absolute atomic E-state index is 13.5. The molecule has 0 atom stereocenters. The SMILES string of the molecule is N#CC(F)=CC=C[C@H]1CC[C@H](/C=C/[C@H]2CC[C@H](c3ccc(F)c(F)c3)CC2)CC1. The molecule has 29 heavy (non-hydrogen) atoms. The lowest BCUT2D eigenvalue weighted by Gasteiger charge is -2.28. The van der Waals surface area contributed by atoms with E-state index in [0.717, 1.165) is 56.9 Å². The summed E-state index contributed by atoms with van der Waals surface area (Å²) in [4.78, 5) is 0. The fourth-order valence-corrected chi connectivity index (χ4v) is 4.59. The third kappa shape index (κ3) is 6.35. The molecule has 1 aromatic carbocycles. The van der Waals surface area contributed by atoms with E-state index in [1.165, 1.54) is 24.3 Å². The average molecular weight is 400 g/mol. The summed E-state index contributed by atoms with van der Waals surface area (Å²) in [5.74, 6) is -0.297. The van der Waals surface area contributed by atoms with E-state index in [1.807, 2.05) is 6.08 Å². The largest absolute Gasteiger partial charge is 0.204 e. The molecule has 2 saturated carbocycles. The predicted octanol–water partition coefficient (Wildman–Crippen LogP) is 7.53. The Morgan fingerprint density at radius 3 is 1.93 bits per heavy atom. The summed E-state index contributed by atoms with van der Waals surface area (Å²) in [5.41, 5.74) is 0.919. The first-order chi connectivity index (χ1) is 14.0. The van der Waals surface area contributed by atoms with Crippen molar-refractivity contribution in [1.29, 1.82) is 5.26 Å². The highest BCUT2D eigenvalue weighted by molar-refractivity contribution is 5.22. The molecule has 0 radical (unpaired) electrons. The second kappa shape index (κ2) is 10.5. The molecule has 2 aliphatic carbocycles. The lowest BCUT2D eigenvalue weighted by Crippen LogP contribution is -2.14. The summed E-state index contributed by atoms with van der Waals surface area (Å²) in [7, 11) is 0. The fourth-order valence-electron chi connectivity index (χ4n) is 4.59. The Balaban J connectivity index is 1.41. The van der Waals surface area contributed by atoms with Gasteiger partial charge in [-0.2, -0.15) is 9.65 Å². The Morgan fingerprint density at radius 1 is 0.828 bits per heavy atom. The van der Waals surface area contributed by atoms with Crippen LogP contribution in [0.25, 0.3) is 0 Å². The van der Waals surface area contributed by atoms with Crippen LogP contribution in [0.3, 0.4) is 0 Å². The number of benzene rings is 1. The molecule has 1 nitrogen and oxygen atoms in total. The summed E-state index contributed by atoms with van der Waals surface area (Å²) >= 11 is 0. The summed E-state index contributed by atoms with van der Waals surface area (Å²) in [6.45, 7) is 0. The van der Waals surface area contributed by atoms with Crippen molar-refractivity contribution in [3.63, 3.8) is 0 Å². The van der Waals surface area contributed by atoms with Gasteiger partial charge in [-0.15, -0.1) is 0 Å². The molecule has 0 amide bonds. The van der Waals surface area contributed by atoms with Crippen LogP contribution in [0.4, 0.5) is 13.2 Å². The molecule has 0 aliphatic heterocycles. The zero-order valence-electron chi connectivity index (χ0n) is 16.7. The summed E-state index contributed by atoms with van der Waals surface area (Å²) in [6.07, 6.45) is 18.3. The van der Waals surface area contributed by atoms with Crippen LogP contribution in [0.15, 0.2) is 54.4 Å². The Hall–Kier alpha value is -2.28. The van der Waals surface area contributed by atoms with Crippen LogP contribution < -0.4 is 0 Å². The molecule has 0 N–H and O–H groups in total. The molecule has 3 rings (SSSR count). The first-order valence-corrected chi connectivity index (χ1v) is 10.6. The van der Waals surface area contributed by atoms with Crippen LogP contribution in [0, 0.1) is 40.7 Å². The Bertz CT molecular complexity index is 802. The fraction of sp³-hybridized carbons (Fsp3) is 0.480. The first-order valence-electron chi connectivity index (χ1n) is 10.6. The normalized spacial score (nSPS) is 28.7. The standard InChI is InChI=1S/C25H28F3N/c26-23(17-29)3-1-2-18-4-6-19(7-5-18)8-9-20-10-12-21(13-11-20)22-14-15-24(27)25(28)16-22/h1-3,8-9,14-16,18-21H,4-7,10-13H2/b2-1?,9-8+,23-3?/t18-,19-,20-,21-. The van der Waals surface area contributed by atoms with Gasteiger partial charge in [0.05, 0.1) is 0 Å². The number of rotatable bonds is 5. The second-order valence-corrected chi connectivity index (χ2v) is 8.36. The quantitative estimate of drug-likeness (QED) is 0.285. The van der Waals surface area contributed by atoms with Crippen molar-refractivity contribution in [3.8, 4) is 6.07 Å². The Kier molecular flexibility index (Phi) is 7.75. The molecule has 0 aromatic heterocycles. The molecule has 2 fully saturated rings. The van der Waals surface area contributed by atoms with Gasteiger partial charge in [0.25, 0.3) is 0 Å². The van der Waals surface area contributed by atoms with E-state index in [0.29, 0.717) is 23.7 Å². The van der Waals surface area contributed by atoms with E-state index in [4.69, 9.17) is 5.26 Å². The van der Waals surface area contributed by atoms with Crippen LogP contribution in [0.5, 0.6) is 0 Å². The zero-order valence-corrected chi connectivity index (χ0v) is 16.7. The number of allylic oxidation sites excluding steroid dienone is 6. The van der Waals surface area contributed by atoms with Crippen molar-refractivity contribution in [1.82, 2.24) is 0 Å². The topological polar surface area (TPSA) is 23.8 Å². The van der Waals surface area contributed by atoms with Crippen molar-refractivity contribution < 1.29 is 13.2 Å². The van der Waals surface area contributed by atoms with Crippen molar-refractivity contribution in [2.24, 2.45) is 17.8 Å². The van der Waals surface area contributed by atoms with Crippen LogP contribution in [-0.2, 0) is 0 Å². The minimum absolute atomic E-state index is 0.330. The highest BCUT2D eigenvalue weighted by Crippen LogP contribution is 2.37. The lowest BCUT2D eigenvalue weighted by molar-refractivity contribution is 0.348. The highest BCUT2D eigenvalue weighted by atomic mass is 19.2. The summed E-state index contributed by atoms with van der Waals surface area (Å²) in [6, 6.07) is 5.78. The van der Waals surface area contributed by atoms with Crippen molar-refractivity contribution in [2.45, 2.75) is 57.3 Å². The van der Waals surface area contributed by atoms with Crippen LogP contribution >= 0.6 is 0 Å². The van der Waals surface area contributed by atoms with E-state index in [9.17, 15) is 13.2 Å². The number of nitrogens with zero attached hydrogens (tertiary/aromatic N) is 1. The molecule has 0 spiro atoms. The Labute approximate surface area is 171 Å². The highest BCUT2D eigenvalue weighted by Gasteiger charge is 2.23. The molecule has 0 saturated heterocycles. The van der Waals surface area contributed by atoms with Gasteiger partial charge in [0.2, 0.25) is 0 Å². The zero-order chi connectivity index (χ0) is 20.6. The molecule has 154 valence electrons. The van der Waals surface area contributed by atoms with Gasteiger partial charge in [-0.05, 0) is 98.8 Å². The minimum Gasteiger partial charge on any atom is -0.204 e. The molecule has 0 heterocycles. The maximum Gasteiger partial charge on any atom is 0.199 e. The van der Waals surface area contributed by atoms with E-state index in [1.54, 1.807) is 12.1 Å². The molecule has 2 aliphatic rings. The smallest absolute Gasteiger partial charge is 0.199 e. The van der Waals surface area contributed by atoms with Gasteiger partial charge in [0.15, 0.2) is 17.5 Å². The van der Waals surface area contributed by atoms with E-state index in [-0.39, 0.29) is 0 Å². The first kappa shape index (κ1) is 21.4. The number of nitriles is 1. The van der Waals surface area contributed by atoms with Crippen molar-refractivity contribution >= 4 is 0 Å². The van der Waals surface area contributed by atoms with Gasteiger partial charge in [-0.1, -0.05) is 30.4 Å². The number of hydrogen-bond acceptors (Lipinski definition) is 1. The van der Waals surface area contributed by atoms with Crippen molar-refractivity contribution in [2.75, 3.05) is 0 Å². The van der Waals surface area contributed by atoms with E-state index in [2.05, 4.69) is 12.2 Å². The van der Waals surface area contributed by atoms with Crippen LogP contribution in [0.2, 0.25) is 0 Å². The third-order valence-electron chi connectivity index (χ3n) is 6.39. The molecule has 4 heteroatoms. The number of hydrogen-bond donors (Lipinski definition) is 0. The monoisotopic (exact) mass is 399 g/mol. The van der Waals surface area contributed by atoms with Gasteiger partial charge in [0.1, 0.15) is 6.07 Å². The number of halogens is 3. The van der Waals surface area contributed by atoms with Gasteiger partial charge < -0.3 is 0 Å². The Morgan fingerprint density at radius 2 is 1.38 bits per heavy atom. The predicted molar refractivity (Wildman–Crippen MR) is 110 cm³/mol. The van der Waals surface area contributed by atoms with E-state index < -0.39 is 17.5 Å². The third-order valence-corrected chi connectivity index (χ3v) is 6.39. The summed E-state index contributed by atoms with van der Waals surface area (Å²) in [5, 5.41) is 8.40. The lowest BCUT2D eigenvalue weighted by atomic mass is 9.77. The molecule has 1 aromatic rings. The van der Waals surface area contributed by atoms with Gasteiger partial charge in [-0.3, -0.25) is 0 Å². The van der Waals surface area contributed by atoms with Gasteiger partial charge >= 0.3 is 0 Å². The van der Waals surface area contributed by atoms with Crippen molar-refractivity contribution in [3.05, 3.63) is 71.6 Å².